The lowest BCUT2D eigenvalue weighted by molar-refractivity contribution is -0.130. The molecule has 3 aromatic rings. The molecule has 5 nitrogen and oxygen atoms in total. The number of hydroxylamine groups is 1. The van der Waals surface area contributed by atoms with Crippen LogP contribution in [0.15, 0.2) is 48.5 Å². The molecule has 25 heavy (non-hydrogen) atoms. The van der Waals surface area contributed by atoms with E-state index in [2.05, 4.69) is 54.1 Å². The van der Waals surface area contributed by atoms with E-state index in [9.17, 15) is 4.79 Å². The third kappa shape index (κ3) is 3.03. The quantitative estimate of drug-likeness (QED) is 0.556. The lowest BCUT2D eigenvalue weighted by Crippen LogP contribution is -2.20. The van der Waals surface area contributed by atoms with Crippen molar-refractivity contribution in [1.82, 2.24) is 15.0 Å². The van der Waals surface area contributed by atoms with Crippen molar-refractivity contribution < 1.29 is 10.0 Å². The van der Waals surface area contributed by atoms with Crippen molar-refractivity contribution in [1.29, 1.82) is 0 Å². The van der Waals surface area contributed by atoms with Crippen LogP contribution in [0.4, 0.5) is 0 Å². The molecule has 4 rings (SSSR count). The standard InChI is InChI=1S/C20H21N3O2/c1-23-18-9-8-14(15-12-16(15)20(24)22-25)11-17(18)21-19(23)10-7-13-5-3-2-4-6-13/h2-6,8-9,11,15-16,25H,7,10,12H2,1H3,(H,22,24). The fourth-order valence-electron chi connectivity index (χ4n) is 3.56. The van der Waals surface area contributed by atoms with E-state index in [-0.39, 0.29) is 17.7 Å². The van der Waals surface area contributed by atoms with Crippen molar-refractivity contribution in [3.8, 4) is 0 Å². The van der Waals surface area contributed by atoms with Gasteiger partial charge in [0.25, 0.3) is 0 Å². The molecule has 2 aromatic carbocycles. The molecule has 1 amide bonds. The largest absolute Gasteiger partial charge is 0.331 e. The van der Waals surface area contributed by atoms with Crippen LogP contribution in [0.25, 0.3) is 11.0 Å². The van der Waals surface area contributed by atoms with Gasteiger partial charge in [-0.1, -0.05) is 36.4 Å². The highest BCUT2D eigenvalue weighted by Crippen LogP contribution is 2.47. The van der Waals surface area contributed by atoms with Gasteiger partial charge in [-0.25, -0.2) is 10.5 Å². The molecule has 2 N–H and O–H groups in total. The number of aromatic nitrogens is 2. The molecule has 0 spiro atoms. The van der Waals surface area contributed by atoms with Crippen molar-refractivity contribution in [2.24, 2.45) is 13.0 Å². The van der Waals surface area contributed by atoms with E-state index in [0.29, 0.717) is 0 Å². The van der Waals surface area contributed by atoms with Gasteiger partial charge in [0.2, 0.25) is 5.91 Å². The number of aryl methyl sites for hydroxylation is 3. The molecule has 1 saturated carbocycles. The lowest BCUT2D eigenvalue weighted by Gasteiger charge is -2.03. The Bertz CT molecular complexity index is 917. The maximum absolute atomic E-state index is 11.5. The monoisotopic (exact) mass is 335 g/mol. The molecule has 128 valence electrons. The molecule has 1 heterocycles. The molecule has 0 bridgehead atoms. The second-order valence-corrected chi connectivity index (χ2v) is 6.75. The number of fused-ring (bicyclic) bond motifs is 1. The van der Waals surface area contributed by atoms with Gasteiger partial charge in [-0.2, -0.15) is 0 Å². The molecule has 5 heteroatoms. The smallest absolute Gasteiger partial charge is 0.247 e. The van der Waals surface area contributed by atoms with Gasteiger partial charge in [0, 0.05) is 19.4 Å². The summed E-state index contributed by atoms with van der Waals surface area (Å²) in [6.07, 6.45) is 2.64. The van der Waals surface area contributed by atoms with E-state index in [1.165, 1.54) is 5.56 Å². The number of benzene rings is 2. The van der Waals surface area contributed by atoms with Gasteiger partial charge >= 0.3 is 0 Å². The van der Waals surface area contributed by atoms with Crippen LogP contribution in [0.5, 0.6) is 0 Å². The van der Waals surface area contributed by atoms with E-state index < -0.39 is 0 Å². The van der Waals surface area contributed by atoms with Gasteiger partial charge in [-0.15, -0.1) is 0 Å². The van der Waals surface area contributed by atoms with Gasteiger partial charge in [0.1, 0.15) is 5.82 Å². The predicted octanol–water partition coefficient (Wildman–Crippen LogP) is 2.97. The molecule has 1 aliphatic rings. The highest BCUT2D eigenvalue weighted by molar-refractivity contribution is 5.83. The Labute approximate surface area is 146 Å². The fraction of sp³-hybridized carbons (Fsp3) is 0.300. The van der Waals surface area contributed by atoms with Crippen LogP contribution in [-0.4, -0.2) is 20.7 Å². The zero-order chi connectivity index (χ0) is 17.4. The predicted molar refractivity (Wildman–Crippen MR) is 95.3 cm³/mol. The molecule has 0 radical (unpaired) electrons. The zero-order valence-electron chi connectivity index (χ0n) is 14.1. The van der Waals surface area contributed by atoms with Crippen LogP contribution in [0.1, 0.15) is 29.3 Å². The summed E-state index contributed by atoms with van der Waals surface area (Å²) in [7, 11) is 2.05. The maximum atomic E-state index is 11.5. The highest BCUT2D eigenvalue weighted by atomic mass is 16.5. The van der Waals surface area contributed by atoms with Gasteiger partial charge in [-0.3, -0.25) is 10.0 Å². The molecule has 1 fully saturated rings. The molecule has 0 aliphatic heterocycles. The van der Waals surface area contributed by atoms with E-state index in [1.54, 1.807) is 5.48 Å². The number of amides is 1. The van der Waals surface area contributed by atoms with Crippen LogP contribution in [0.2, 0.25) is 0 Å². The molecule has 2 atom stereocenters. The SMILES string of the molecule is Cn1c(CCc2ccccc2)nc2cc(C3CC3C(=O)NO)ccc21. The zero-order valence-corrected chi connectivity index (χ0v) is 14.1. The van der Waals surface area contributed by atoms with Crippen molar-refractivity contribution in [3.05, 3.63) is 65.5 Å². The summed E-state index contributed by atoms with van der Waals surface area (Å²) >= 11 is 0. The first-order valence-electron chi connectivity index (χ1n) is 8.60. The Kier molecular flexibility index (Phi) is 4.01. The number of imidazole rings is 1. The number of nitrogens with zero attached hydrogens (tertiary/aromatic N) is 2. The number of rotatable bonds is 5. The number of nitrogens with one attached hydrogen (secondary N) is 1. The van der Waals surface area contributed by atoms with Gasteiger partial charge in [0.15, 0.2) is 0 Å². The van der Waals surface area contributed by atoms with Gasteiger partial charge in [0.05, 0.1) is 11.0 Å². The molecule has 1 aromatic heterocycles. The number of hydrogen-bond acceptors (Lipinski definition) is 3. The van der Waals surface area contributed by atoms with Gasteiger partial charge < -0.3 is 4.57 Å². The minimum Gasteiger partial charge on any atom is -0.331 e. The second kappa shape index (κ2) is 6.33. The summed E-state index contributed by atoms with van der Waals surface area (Å²) in [6.45, 7) is 0. The molecule has 2 unspecified atom stereocenters. The van der Waals surface area contributed by atoms with Crippen LogP contribution < -0.4 is 5.48 Å². The normalized spacial score (nSPS) is 19.1. The van der Waals surface area contributed by atoms with Crippen molar-refractivity contribution in [2.45, 2.75) is 25.2 Å². The van der Waals surface area contributed by atoms with E-state index >= 15 is 0 Å². The third-order valence-electron chi connectivity index (χ3n) is 5.14. The Morgan fingerprint density at radius 2 is 2.04 bits per heavy atom. The summed E-state index contributed by atoms with van der Waals surface area (Å²) in [4.78, 5) is 16.3. The number of carbonyl (C=O) groups excluding carboxylic acids is 1. The Morgan fingerprint density at radius 3 is 2.80 bits per heavy atom. The van der Waals surface area contributed by atoms with Crippen LogP contribution in [0, 0.1) is 5.92 Å². The topological polar surface area (TPSA) is 67.2 Å². The summed E-state index contributed by atoms with van der Waals surface area (Å²) in [6, 6.07) is 16.7. The number of carbonyl (C=O) groups is 1. The Hall–Kier alpha value is -2.66. The summed E-state index contributed by atoms with van der Waals surface area (Å²) < 4.78 is 2.15. The summed E-state index contributed by atoms with van der Waals surface area (Å²) in [5.74, 6) is 0.834. The van der Waals surface area contributed by atoms with Crippen LogP contribution >= 0.6 is 0 Å². The fourth-order valence-corrected chi connectivity index (χ4v) is 3.56. The lowest BCUT2D eigenvalue weighted by atomic mass is 10.1. The summed E-state index contributed by atoms with van der Waals surface area (Å²) in [5, 5.41) is 8.76. The Morgan fingerprint density at radius 1 is 1.24 bits per heavy atom. The average Bonchev–Trinajstić information content (AvgIpc) is 3.39. The highest BCUT2D eigenvalue weighted by Gasteiger charge is 2.44. The van der Waals surface area contributed by atoms with E-state index in [1.807, 2.05) is 6.07 Å². The van der Waals surface area contributed by atoms with Crippen molar-refractivity contribution in [2.75, 3.05) is 0 Å². The molecule has 0 saturated heterocycles. The van der Waals surface area contributed by atoms with E-state index in [4.69, 9.17) is 10.2 Å². The minimum absolute atomic E-state index is 0.122. The first-order valence-corrected chi connectivity index (χ1v) is 8.60. The number of hydrogen-bond donors (Lipinski definition) is 2. The first-order chi connectivity index (χ1) is 12.2. The van der Waals surface area contributed by atoms with Crippen LogP contribution in [0.3, 0.4) is 0 Å². The van der Waals surface area contributed by atoms with Crippen molar-refractivity contribution in [3.63, 3.8) is 0 Å². The molecular formula is C20H21N3O2. The second-order valence-electron chi connectivity index (χ2n) is 6.75. The maximum Gasteiger partial charge on any atom is 0.247 e. The Balaban J connectivity index is 1.54. The van der Waals surface area contributed by atoms with Crippen molar-refractivity contribution >= 4 is 16.9 Å². The van der Waals surface area contributed by atoms with E-state index in [0.717, 1.165) is 41.7 Å². The van der Waals surface area contributed by atoms with Gasteiger partial charge in [-0.05, 0) is 42.0 Å². The minimum atomic E-state index is -0.297. The molecular weight excluding hydrogens is 314 g/mol. The summed E-state index contributed by atoms with van der Waals surface area (Å²) in [5.41, 5.74) is 6.26. The molecule has 1 aliphatic carbocycles. The average molecular weight is 335 g/mol. The first kappa shape index (κ1) is 15.8. The third-order valence-corrected chi connectivity index (χ3v) is 5.14. The van der Waals surface area contributed by atoms with Crippen LogP contribution in [-0.2, 0) is 24.7 Å².